The van der Waals surface area contributed by atoms with Gasteiger partial charge in [0.25, 0.3) is 0 Å². The standard InChI is InChI=1S/C13H20BrN/c1-3-12-6-8-13(9-7-12)15(2)11-5-4-10-14/h6-9H,3-5,10-11H2,1-2H3. The molecule has 1 aromatic rings. The third-order valence-corrected chi connectivity index (χ3v) is 3.22. The Morgan fingerprint density at radius 2 is 1.80 bits per heavy atom. The molecule has 0 heterocycles. The quantitative estimate of drug-likeness (QED) is 0.560. The first-order valence-corrected chi connectivity index (χ1v) is 6.76. The summed E-state index contributed by atoms with van der Waals surface area (Å²) in [7, 11) is 2.16. The van der Waals surface area contributed by atoms with E-state index in [0.717, 1.165) is 18.3 Å². The zero-order valence-corrected chi connectivity index (χ0v) is 11.3. The van der Waals surface area contributed by atoms with Gasteiger partial charge < -0.3 is 4.90 Å². The maximum atomic E-state index is 3.46. The molecule has 0 aliphatic rings. The molecule has 0 unspecified atom stereocenters. The number of rotatable bonds is 6. The summed E-state index contributed by atoms with van der Waals surface area (Å²) in [4.78, 5) is 2.32. The number of nitrogens with zero attached hydrogens (tertiary/aromatic N) is 1. The fourth-order valence-corrected chi connectivity index (χ4v) is 1.96. The monoisotopic (exact) mass is 269 g/mol. The molecule has 2 heteroatoms. The van der Waals surface area contributed by atoms with Gasteiger partial charge in [-0.25, -0.2) is 0 Å². The van der Waals surface area contributed by atoms with E-state index in [1.54, 1.807) is 0 Å². The molecule has 1 rings (SSSR count). The molecule has 0 radical (unpaired) electrons. The molecular weight excluding hydrogens is 250 g/mol. The Kier molecular flexibility index (Phi) is 5.77. The van der Waals surface area contributed by atoms with E-state index in [1.165, 1.54) is 24.1 Å². The van der Waals surface area contributed by atoms with Crippen molar-refractivity contribution in [2.75, 3.05) is 23.8 Å². The summed E-state index contributed by atoms with van der Waals surface area (Å²) in [6.07, 6.45) is 3.61. The molecule has 0 spiro atoms. The van der Waals surface area contributed by atoms with E-state index >= 15 is 0 Å². The molecule has 0 atom stereocenters. The lowest BCUT2D eigenvalue weighted by Gasteiger charge is -2.19. The third kappa shape index (κ3) is 4.25. The van der Waals surface area contributed by atoms with Gasteiger partial charge in [-0.15, -0.1) is 0 Å². The summed E-state index contributed by atoms with van der Waals surface area (Å²) in [6, 6.07) is 8.87. The molecule has 84 valence electrons. The van der Waals surface area contributed by atoms with Crippen LogP contribution in [0.2, 0.25) is 0 Å². The largest absolute Gasteiger partial charge is 0.375 e. The van der Waals surface area contributed by atoms with Crippen LogP contribution < -0.4 is 4.90 Å². The molecule has 0 aliphatic carbocycles. The number of hydrogen-bond acceptors (Lipinski definition) is 1. The third-order valence-electron chi connectivity index (χ3n) is 2.66. The first-order valence-electron chi connectivity index (χ1n) is 5.64. The summed E-state index contributed by atoms with van der Waals surface area (Å²) in [5.74, 6) is 0. The molecular formula is C13H20BrN. The van der Waals surface area contributed by atoms with Gasteiger partial charge in [-0.3, -0.25) is 0 Å². The van der Waals surface area contributed by atoms with Crippen LogP contribution in [0.5, 0.6) is 0 Å². The molecule has 0 amide bonds. The highest BCUT2D eigenvalue weighted by atomic mass is 79.9. The van der Waals surface area contributed by atoms with E-state index in [9.17, 15) is 0 Å². The Labute approximate surface area is 102 Å². The number of anilines is 1. The van der Waals surface area contributed by atoms with Gasteiger partial charge in [-0.2, -0.15) is 0 Å². The van der Waals surface area contributed by atoms with Crippen molar-refractivity contribution >= 4 is 21.6 Å². The first-order chi connectivity index (χ1) is 7.27. The summed E-state index contributed by atoms with van der Waals surface area (Å²) < 4.78 is 0. The van der Waals surface area contributed by atoms with Crippen LogP contribution in [-0.2, 0) is 6.42 Å². The van der Waals surface area contributed by atoms with Gasteiger partial charge >= 0.3 is 0 Å². The van der Waals surface area contributed by atoms with E-state index in [4.69, 9.17) is 0 Å². The molecule has 0 fully saturated rings. The van der Waals surface area contributed by atoms with Gasteiger partial charge in [0.15, 0.2) is 0 Å². The predicted molar refractivity (Wildman–Crippen MR) is 72.1 cm³/mol. The Hall–Kier alpha value is -0.500. The number of hydrogen-bond donors (Lipinski definition) is 0. The highest BCUT2D eigenvalue weighted by molar-refractivity contribution is 9.09. The summed E-state index contributed by atoms with van der Waals surface area (Å²) in [5.41, 5.74) is 2.73. The molecule has 1 nitrogen and oxygen atoms in total. The number of benzene rings is 1. The molecule has 15 heavy (non-hydrogen) atoms. The second-order valence-electron chi connectivity index (χ2n) is 3.84. The molecule has 0 saturated carbocycles. The van der Waals surface area contributed by atoms with Crippen molar-refractivity contribution < 1.29 is 0 Å². The van der Waals surface area contributed by atoms with Crippen LogP contribution in [0.25, 0.3) is 0 Å². The van der Waals surface area contributed by atoms with Crippen LogP contribution in [0.15, 0.2) is 24.3 Å². The van der Waals surface area contributed by atoms with Crippen molar-refractivity contribution in [2.24, 2.45) is 0 Å². The Morgan fingerprint density at radius 1 is 1.13 bits per heavy atom. The van der Waals surface area contributed by atoms with Crippen molar-refractivity contribution in [3.8, 4) is 0 Å². The van der Waals surface area contributed by atoms with Gasteiger partial charge in [0, 0.05) is 24.6 Å². The Morgan fingerprint density at radius 3 is 2.33 bits per heavy atom. The molecule has 0 aliphatic heterocycles. The predicted octanol–water partition coefficient (Wildman–Crippen LogP) is 3.86. The second-order valence-corrected chi connectivity index (χ2v) is 4.63. The number of halogens is 1. The second kappa shape index (κ2) is 6.89. The minimum Gasteiger partial charge on any atom is -0.375 e. The normalized spacial score (nSPS) is 10.3. The van der Waals surface area contributed by atoms with E-state index in [0.29, 0.717) is 0 Å². The van der Waals surface area contributed by atoms with E-state index in [2.05, 4.69) is 59.1 Å². The zero-order chi connectivity index (χ0) is 11.1. The molecule has 0 bridgehead atoms. The lowest BCUT2D eigenvalue weighted by Crippen LogP contribution is -2.18. The maximum Gasteiger partial charge on any atom is 0.0363 e. The molecule has 0 aromatic heterocycles. The summed E-state index contributed by atoms with van der Waals surface area (Å²) >= 11 is 3.46. The summed E-state index contributed by atoms with van der Waals surface area (Å²) in [6.45, 7) is 3.33. The van der Waals surface area contributed by atoms with Crippen LogP contribution in [0.4, 0.5) is 5.69 Å². The Balaban J connectivity index is 2.46. The van der Waals surface area contributed by atoms with Gasteiger partial charge in [-0.05, 0) is 37.0 Å². The van der Waals surface area contributed by atoms with Crippen LogP contribution >= 0.6 is 15.9 Å². The highest BCUT2D eigenvalue weighted by Crippen LogP contribution is 2.14. The molecule has 0 saturated heterocycles. The SMILES string of the molecule is CCc1ccc(N(C)CCCCBr)cc1. The first kappa shape index (κ1) is 12.6. The lowest BCUT2D eigenvalue weighted by atomic mass is 10.1. The molecule has 1 aromatic carbocycles. The van der Waals surface area contributed by atoms with Gasteiger partial charge in [0.05, 0.1) is 0 Å². The summed E-state index contributed by atoms with van der Waals surface area (Å²) in [5, 5.41) is 1.11. The van der Waals surface area contributed by atoms with Crippen molar-refractivity contribution in [3.05, 3.63) is 29.8 Å². The van der Waals surface area contributed by atoms with Gasteiger partial charge in [-0.1, -0.05) is 35.0 Å². The fourth-order valence-electron chi connectivity index (χ4n) is 1.56. The number of aryl methyl sites for hydroxylation is 1. The number of unbranched alkanes of at least 4 members (excludes halogenated alkanes) is 1. The average Bonchev–Trinajstić information content (AvgIpc) is 2.29. The van der Waals surface area contributed by atoms with Crippen LogP contribution in [0, 0.1) is 0 Å². The average molecular weight is 270 g/mol. The minimum atomic E-state index is 1.11. The smallest absolute Gasteiger partial charge is 0.0363 e. The van der Waals surface area contributed by atoms with Crippen LogP contribution in [0.3, 0.4) is 0 Å². The molecule has 0 N–H and O–H groups in total. The van der Waals surface area contributed by atoms with Crippen LogP contribution in [0.1, 0.15) is 25.3 Å². The van der Waals surface area contributed by atoms with Gasteiger partial charge in [0.2, 0.25) is 0 Å². The highest BCUT2D eigenvalue weighted by Gasteiger charge is 1.99. The van der Waals surface area contributed by atoms with Crippen LogP contribution in [-0.4, -0.2) is 18.9 Å². The minimum absolute atomic E-state index is 1.11. The van der Waals surface area contributed by atoms with E-state index in [1.807, 2.05) is 0 Å². The van der Waals surface area contributed by atoms with Gasteiger partial charge in [0.1, 0.15) is 0 Å². The van der Waals surface area contributed by atoms with Crippen molar-refractivity contribution in [1.82, 2.24) is 0 Å². The number of alkyl halides is 1. The van der Waals surface area contributed by atoms with E-state index in [-0.39, 0.29) is 0 Å². The Bertz CT molecular complexity index is 268. The zero-order valence-electron chi connectivity index (χ0n) is 9.67. The lowest BCUT2D eigenvalue weighted by molar-refractivity contribution is 0.774. The maximum absolute atomic E-state index is 3.46. The van der Waals surface area contributed by atoms with Crippen molar-refractivity contribution in [1.29, 1.82) is 0 Å². The van der Waals surface area contributed by atoms with E-state index < -0.39 is 0 Å². The topological polar surface area (TPSA) is 3.24 Å². The van der Waals surface area contributed by atoms with Crippen molar-refractivity contribution in [3.63, 3.8) is 0 Å². The van der Waals surface area contributed by atoms with Crippen molar-refractivity contribution in [2.45, 2.75) is 26.2 Å². The fraction of sp³-hybridized carbons (Fsp3) is 0.538.